The molecular weight excluding hydrogens is 228 g/mol. The number of aliphatic carboxylic acids is 1. The van der Waals surface area contributed by atoms with E-state index in [1.54, 1.807) is 12.1 Å². The van der Waals surface area contributed by atoms with E-state index in [-0.39, 0.29) is 5.75 Å². The van der Waals surface area contributed by atoms with Crippen LogP contribution in [0.15, 0.2) is 48.5 Å². The summed E-state index contributed by atoms with van der Waals surface area (Å²) in [6, 6.07) is 13.7. The maximum absolute atomic E-state index is 11.4. The van der Waals surface area contributed by atoms with E-state index >= 15 is 0 Å². The summed E-state index contributed by atoms with van der Waals surface area (Å²) in [5.41, 5.74) is 2.48. The Labute approximate surface area is 105 Å². The molecule has 2 aromatic rings. The molecule has 0 amide bonds. The molecule has 0 bridgehead atoms. The van der Waals surface area contributed by atoms with Crippen LogP contribution in [0.4, 0.5) is 0 Å². The third-order valence-corrected chi connectivity index (χ3v) is 2.88. The smallest absolute Gasteiger partial charge is 0.315 e. The second kappa shape index (κ2) is 4.92. The molecule has 2 N–H and O–H groups in total. The highest BCUT2D eigenvalue weighted by Gasteiger charge is 2.21. The summed E-state index contributed by atoms with van der Waals surface area (Å²) in [4.78, 5) is 11.4. The topological polar surface area (TPSA) is 57.5 Å². The van der Waals surface area contributed by atoms with Crippen LogP contribution in [-0.2, 0) is 4.79 Å². The van der Waals surface area contributed by atoms with Gasteiger partial charge in [-0.05, 0) is 30.2 Å². The van der Waals surface area contributed by atoms with E-state index in [0.29, 0.717) is 5.56 Å². The predicted molar refractivity (Wildman–Crippen MR) is 68.8 cm³/mol. The van der Waals surface area contributed by atoms with E-state index in [9.17, 15) is 15.0 Å². The lowest BCUT2D eigenvalue weighted by atomic mass is 9.91. The van der Waals surface area contributed by atoms with Gasteiger partial charge >= 0.3 is 5.97 Å². The van der Waals surface area contributed by atoms with Crippen molar-refractivity contribution in [2.24, 2.45) is 0 Å². The van der Waals surface area contributed by atoms with Gasteiger partial charge in [0.05, 0.1) is 0 Å². The Morgan fingerprint density at radius 1 is 0.944 bits per heavy atom. The van der Waals surface area contributed by atoms with Crippen LogP contribution in [0.25, 0.3) is 0 Å². The summed E-state index contributed by atoms with van der Waals surface area (Å²) in [5.74, 6) is -1.47. The molecule has 0 radical (unpaired) electrons. The molecule has 0 saturated carbocycles. The first-order valence-electron chi connectivity index (χ1n) is 5.66. The van der Waals surface area contributed by atoms with Gasteiger partial charge in [-0.25, -0.2) is 0 Å². The summed E-state index contributed by atoms with van der Waals surface area (Å²) in [7, 11) is 0. The number of aromatic hydroxyl groups is 1. The van der Waals surface area contributed by atoms with Crippen molar-refractivity contribution in [1.29, 1.82) is 0 Å². The molecule has 0 spiro atoms. The lowest BCUT2D eigenvalue weighted by molar-refractivity contribution is -0.137. The quantitative estimate of drug-likeness (QED) is 0.870. The number of benzene rings is 2. The molecular formula is C15H14O3. The van der Waals surface area contributed by atoms with Gasteiger partial charge in [0.2, 0.25) is 0 Å². The van der Waals surface area contributed by atoms with Crippen molar-refractivity contribution in [3.63, 3.8) is 0 Å². The zero-order chi connectivity index (χ0) is 13.1. The minimum atomic E-state index is -0.899. The molecule has 1 atom stereocenters. The Bertz CT molecular complexity index is 495. The normalized spacial score (nSPS) is 12.1. The third-order valence-electron chi connectivity index (χ3n) is 2.88. The molecule has 1 unspecified atom stereocenters. The molecule has 3 heteroatoms. The van der Waals surface area contributed by atoms with Crippen LogP contribution in [0.2, 0.25) is 0 Å². The summed E-state index contributed by atoms with van der Waals surface area (Å²) in [6.07, 6.45) is 0. The van der Waals surface area contributed by atoms with Crippen molar-refractivity contribution >= 4 is 5.97 Å². The van der Waals surface area contributed by atoms with Gasteiger partial charge in [0.1, 0.15) is 11.7 Å². The maximum atomic E-state index is 11.4. The van der Waals surface area contributed by atoms with E-state index < -0.39 is 11.9 Å². The molecule has 0 heterocycles. The maximum Gasteiger partial charge on any atom is 0.315 e. The number of hydrogen-bond acceptors (Lipinski definition) is 2. The first-order chi connectivity index (χ1) is 8.58. The third kappa shape index (κ3) is 2.51. The summed E-state index contributed by atoms with van der Waals surface area (Å²) < 4.78 is 0. The Morgan fingerprint density at radius 3 is 1.83 bits per heavy atom. The predicted octanol–water partition coefficient (Wildman–Crippen LogP) is 2.92. The monoisotopic (exact) mass is 242 g/mol. The number of rotatable bonds is 3. The second-order valence-corrected chi connectivity index (χ2v) is 4.27. The van der Waals surface area contributed by atoms with Gasteiger partial charge in [-0.2, -0.15) is 0 Å². The van der Waals surface area contributed by atoms with Crippen molar-refractivity contribution < 1.29 is 15.0 Å². The van der Waals surface area contributed by atoms with E-state index in [4.69, 9.17) is 0 Å². The van der Waals surface area contributed by atoms with E-state index in [2.05, 4.69) is 0 Å². The zero-order valence-corrected chi connectivity index (χ0v) is 10.00. The Kier molecular flexibility index (Phi) is 3.33. The van der Waals surface area contributed by atoms with Gasteiger partial charge in [-0.1, -0.05) is 42.0 Å². The molecule has 0 aliphatic heterocycles. The number of carboxylic acid groups (broad SMARTS) is 1. The van der Waals surface area contributed by atoms with Gasteiger partial charge in [-0.3, -0.25) is 4.79 Å². The van der Waals surface area contributed by atoms with Gasteiger partial charge < -0.3 is 10.2 Å². The largest absolute Gasteiger partial charge is 0.508 e. The highest BCUT2D eigenvalue weighted by atomic mass is 16.4. The number of aryl methyl sites for hydroxylation is 1. The SMILES string of the molecule is Cc1ccc(C(C(=O)O)c2ccc(O)cc2)cc1. The first kappa shape index (κ1) is 12.2. The van der Waals surface area contributed by atoms with Gasteiger partial charge in [-0.15, -0.1) is 0 Å². The number of hydrogen-bond donors (Lipinski definition) is 2. The average molecular weight is 242 g/mol. The van der Waals surface area contributed by atoms with Crippen LogP contribution >= 0.6 is 0 Å². The van der Waals surface area contributed by atoms with E-state index in [1.165, 1.54) is 12.1 Å². The molecule has 0 fully saturated rings. The summed E-state index contributed by atoms with van der Waals surface area (Å²) in [5, 5.41) is 18.6. The fraction of sp³-hybridized carbons (Fsp3) is 0.133. The van der Waals surface area contributed by atoms with Crippen LogP contribution in [-0.4, -0.2) is 16.2 Å². The van der Waals surface area contributed by atoms with Crippen LogP contribution in [0.1, 0.15) is 22.6 Å². The van der Waals surface area contributed by atoms with Crippen molar-refractivity contribution in [2.75, 3.05) is 0 Å². The van der Waals surface area contributed by atoms with Crippen LogP contribution in [0.3, 0.4) is 0 Å². The lowest BCUT2D eigenvalue weighted by Gasteiger charge is -2.13. The molecule has 0 saturated heterocycles. The average Bonchev–Trinajstić information content (AvgIpc) is 2.34. The lowest BCUT2D eigenvalue weighted by Crippen LogP contribution is -2.12. The van der Waals surface area contributed by atoms with Crippen molar-refractivity contribution in [3.8, 4) is 5.75 Å². The molecule has 3 nitrogen and oxygen atoms in total. The van der Waals surface area contributed by atoms with E-state index in [1.807, 2.05) is 31.2 Å². The summed E-state index contributed by atoms with van der Waals surface area (Å²) in [6.45, 7) is 1.96. The molecule has 2 aromatic carbocycles. The van der Waals surface area contributed by atoms with Crippen molar-refractivity contribution in [2.45, 2.75) is 12.8 Å². The number of carboxylic acids is 1. The van der Waals surface area contributed by atoms with Gasteiger partial charge in [0, 0.05) is 0 Å². The number of phenols is 1. The highest BCUT2D eigenvalue weighted by molar-refractivity contribution is 5.80. The number of phenolic OH excluding ortho intramolecular Hbond substituents is 1. The molecule has 2 rings (SSSR count). The Morgan fingerprint density at radius 2 is 1.39 bits per heavy atom. The molecule has 92 valence electrons. The minimum Gasteiger partial charge on any atom is -0.508 e. The van der Waals surface area contributed by atoms with Gasteiger partial charge in [0.25, 0.3) is 0 Å². The number of carbonyl (C=O) groups is 1. The fourth-order valence-corrected chi connectivity index (χ4v) is 1.90. The van der Waals surface area contributed by atoms with E-state index in [0.717, 1.165) is 11.1 Å². The van der Waals surface area contributed by atoms with Crippen LogP contribution in [0, 0.1) is 6.92 Å². The Hall–Kier alpha value is -2.29. The van der Waals surface area contributed by atoms with Crippen molar-refractivity contribution in [3.05, 3.63) is 65.2 Å². The van der Waals surface area contributed by atoms with Crippen molar-refractivity contribution in [1.82, 2.24) is 0 Å². The van der Waals surface area contributed by atoms with Gasteiger partial charge in [0.15, 0.2) is 0 Å². The first-order valence-corrected chi connectivity index (χ1v) is 5.66. The molecule has 0 aliphatic carbocycles. The second-order valence-electron chi connectivity index (χ2n) is 4.27. The molecule has 0 aliphatic rings. The van der Waals surface area contributed by atoms with Crippen LogP contribution in [0.5, 0.6) is 5.75 Å². The minimum absolute atomic E-state index is 0.131. The highest BCUT2D eigenvalue weighted by Crippen LogP contribution is 2.26. The zero-order valence-electron chi connectivity index (χ0n) is 10.00. The Balaban J connectivity index is 2.43. The molecule has 0 aromatic heterocycles. The van der Waals surface area contributed by atoms with Crippen LogP contribution < -0.4 is 0 Å². The molecule has 18 heavy (non-hydrogen) atoms. The standard InChI is InChI=1S/C15H14O3/c1-10-2-4-11(5-3-10)14(15(17)18)12-6-8-13(16)9-7-12/h2-9,14,16H,1H3,(H,17,18). The fourth-order valence-electron chi connectivity index (χ4n) is 1.90. The summed E-state index contributed by atoms with van der Waals surface area (Å²) >= 11 is 0.